The summed E-state index contributed by atoms with van der Waals surface area (Å²) in [5.41, 5.74) is 2.99. The van der Waals surface area contributed by atoms with Gasteiger partial charge in [0.15, 0.2) is 0 Å². The van der Waals surface area contributed by atoms with Crippen LogP contribution in [0.15, 0.2) is 35.5 Å². The van der Waals surface area contributed by atoms with Crippen molar-refractivity contribution in [2.45, 2.75) is 78.1 Å². The Balaban J connectivity index is -0.000000308. The van der Waals surface area contributed by atoms with E-state index in [9.17, 15) is 0 Å². The minimum absolute atomic E-state index is 0. The summed E-state index contributed by atoms with van der Waals surface area (Å²) >= 11 is 0. The van der Waals surface area contributed by atoms with Crippen LogP contribution in [-0.2, 0) is 26.2 Å². The Morgan fingerprint density at radius 2 is 1.13 bits per heavy atom. The third-order valence-corrected chi connectivity index (χ3v) is 3.68. The Morgan fingerprint density at radius 1 is 0.739 bits per heavy atom. The van der Waals surface area contributed by atoms with Crippen LogP contribution >= 0.6 is 24.8 Å². The average Bonchev–Trinajstić information content (AvgIpc) is 3.13. The van der Waals surface area contributed by atoms with Crippen LogP contribution in [0.4, 0.5) is 0 Å². The van der Waals surface area contributed by atoms with Gasteiger partial charge < -0.3 is 0 Å². The summed E-state index contributed by atoms with van der Waals surface area (Å²) < 4.78 is 0. The van der Waals surface area contributed by atoms with E-state index in [2.05, 4.69) is 50.3 Å². The van der Waals surface area contributed by atoms with Crippen LogP contribution in [0.3, 0.4) is 0 Å². The van der Waals surface area contributed by atoms with Gasteiger partial charge in [-0.25, -0.2) is 23.3 Å². The van der Waals surface area contributed by atoms with Gasteiger partial charge in [-0.2, -0.15) is 12.2 Å². The van der Waals surface area contributed by atoms with Crippen molar-refractivity contribution >= 4 is 24.8 Å². The van der Waals surface area contributed by atoms with Gasteiger partial charge >= 0.3 is 26.2 Å². The van der Waals surface area contributed by atoms with Crippen molar-refractivity contribution in [3.8, 4) is 0 Å². The standard InChI is InChI=1S/2C10H15.2ClH.Zr/c2*1-2-3-4-7-10-8-5-6-9-10;;;/h2*8-9H,2-5,7H2,1H3;2*1H;/q2*-1;;;+2. The molecule has 0 amide bonds. The third kappa shape index (κ3) is 15.7. The molecule has 2 aliphatic carbocycles. The fourth-order valence-corrected chi connectivity index (χ4v) is 2.38. The predicted molar refractivity (Wildman–Crippen MR) is 104 cm³/mol. The number of allylic oxidation sites excluding steroid dienone is 8. The Hall–Kier alpha value is 0.423. The summed E-state index contributed by atoms with van der Waals surface area (Å²) in [6.45, 7) is 4.48. The van der Waals surface area contributed by atoms with Gasteiger partial charge in [0.1, 0.15) is 0 Å². The SMILES string of the molecule is CCCCCC1=CC[C-]=C1.CCCCCC1=CC[C-]=C1.Cl.Cl.[Zr+2]. The fraction of sp³-hybridized carbons (Fsp3) is 0.600. The molecule has 0 N–H and O–H groups in total. The summed E-state index contributed by atoms with van der Waals surface area (Å²) in [7, 11) is 0. The van der Waals surface area contributed by atoms with E-state index in [1.807, 2.05) is 0 Å². The van der Waals surface area contributed by atoms with Gasteiger partial charge in [0.2, 0.25) is 0 Å². The van der Waals surface area contributed by atoms with Gasteiger partial charge in [-0.3, -0.25) is 12.2 Å². The summed E-state index contributed by atoms with van der Waals surface area (Å²) in [6.07, 6.45) is 27.9. The van der Waals surface area contributed by atoms with Crippen molar-refractivity contribution in [1.82, 2.24) is 0 Å². The zero-order valence-electron chi connectivity index (χ0n) is 14.7. The van der Waals surface area contributed by atoms with E-state index < -0.39 is 0 Å². The molecule has 0 fully saturated rings. The minimum Gasteiger partial charge on any atom is -0.273 e. The quantitative estimate of drug-likeness (QED) is 0.277. The largest absolute Gasteiger partial charge is 2.00 e. The van der Waals surface area contributed by atoms with Crippen LogP contribution in [0.1, 0.15) is 78.1 Å². The number of halogens is 2. The molecule has 0 aromatic rings. The molecule has 2 aliphatic rings. The van der Waals surface area contributed by atoms with E-state index in [1.54, 1.807) is 0 Å². The Labute approximate surface area is 175 Å². The maximum atomic E-state index is 3.18. The molecule has 0 radical (unpaired) electrons. The molecule has 0 aliphatic heterocycles. The van der Waals surface area contributed by atoms with Crippen LogP contribution in [-0.4, -0.2) is 0 Å². The van der Waals surface area contributed by atoms with Crippen molar-refractivity contribution in [1.29, 1.82) is 0 Å². The van der Waals surface area contributed by atoms with E-state index in [0.717, 1.165) is 12.8 Å². The predicted octanol–water partition coefficient (Wildman–Crippen LogP) is 7.35. The van der Waals surface area contributed by atoms with Crippen LogP contribution in [0.25, 0.3) is 0 Å². The minimum atomic E-state index is 0. The first-order valence-electron chi connectivity index (χ1n) is 8.38. The molecule has 0 saturated heterocycles. The molecule has 0 unspecified atom stereocenters. The van der Waals surface area contributed by atoms with Crippen molar-refractivity contribution in [2.75, 3.05) is 0 Å². The van der Waals surface area contributed by atoms with Gasteiger partial charge in [-0.1, -0.05) is 65.2 Å². The fourth-order valence-electron chi connectivity index (χ4n) is 2.38. The number of hydrogen-bond acceptors (Lipinski definition) is 0. The smallest absolute Gasteiger partial charge is 0.273 e. The molecule has 0 bridgehead atoms. The first-order chi connectivity index (χ1) is 9.86. The van der Waals surface area contributed by atoms with Crippen molar-refractivity contribution in [3.05, 3.63) is 47.6 Å². The molecule has 2 rings (SSSR count). The summed E-state index contributed by atoms with van der Waals surface area (Å²) in [6, 6.07) is 0. The molecule has 0 atom stereocenters. The molecular weight excluding hydrogens is 402 g/mol. The Kier molecular flexibility index (Phi) is 25.1. The number of unbranched alkanes of at least 4 members (excludes halogenated alkanes) is 4. The summed E-state index contributed by atoms with van der Waals surface area (Å²) in [4.78, 5) is 0. The molecule has 0 heterocycles. The van der Waals surface area contributed by atoms with Crippen LogP contribution < -0.4 is 0 Å². The monoisotopic (exact) mass is 432 g/mol. The molecule has 0 aromatic heterocycles. The van der Waals surface area contributed by atoms with E-state index in [1.165, 1.54) is 62.5 Å². The third-order valence-electron chi connectivity index (χ3n) is 3.68. The maximum absolute atomic E-state index is 3.18. The van der Waals surface area contributed by atoms with Crippen molar-refractivity contribution in [3.63, 3.8) is 0 Å². The molecule has 0 saturated carbocycles. The van der Waals surface area contributed by atoms with E-state index >= 15 is 0 Å². The van der Waals surface area contributed by atoms with E-state index in [0.29, 0.717) is 0 Å². The van der Waals surface area contributed by atoms with Crippen LogP contribution in [0.2, 0.25) is 0 Å². The first-order valence-corrected chi connectivity index (χ1v) is 8.38. The molecule has 0 aromatic carbocycles. The van der Waals surface area contributed by atoms with Crippen LogP contribution in [0, 0.1) is 12.2 Å². The van der Waals surface area contributed by atoms with Crippen LogP contribution in [0.5, 0.6) is 0 Å². The Bertz CT molecular complexity index is 332. The summed E-state index contributed by atoms with van der Waals surface area (Å²) in [5.74, 6) is 0. The molecule has 23 heavy (non-hydrogen) atoms. The number of rotatable bonds is 8. The molecule has 0 spiro atoms. The molecule has 0 nitrogen and oxygen atoms in total. The van der Waals surface area contributed by atoms with Crippen molar-refractivity contribution < 1.29 is 26.2 Å². The van der Waals surface area contributed by atoms with Gasteiger partial charge in [-0.05, 0) is 0 Å². The second-order valence-electron chi connectivity index (χ2n) is 5.58. The zero-order chi connectivity index (χ0) is 14.5. The molecular formula is C20H32Cl2Zr. The molecule has 3 heteroatoms. The van der Waals surface area contributed by atoms with Gasteiger partial charge in [0.25, 0.3) is 0 Å². The Morgan fingerprint density at radius 3 is 1.39 bits per heavy atom. The topological polar surface area (TPSA) is 0 Å². The normalized spacial score (nSPS) is 13.8. The zero-order valence-corrected chi connectivity index (χ0v) is 18.8. The van der Waals surface area contributed by atoms with Crippen molar-refractivity contribution in [2.24, 2.45) is 0 Å². The maximum Gasteiger partial charge on any atom is 2.00 e. The van der Waals surface area contributed by atoms with E-state index in [-0.39, 0.29) is 51.0 Å². The molecule has 130 valence electrons. The number of hydrogen-bond donors (Lipinski definition) is 0. The second kappa shape index (κ2) is 20.5. The van der Waals surface area contributed by atoms with Gasteiger partial charge in [-0.15, -0.1) is 37.7 Å². The first kappa shape index (κ1) is 28.2. The second-order valence-corrected chi connectivity index (χ2v) is 5.58. The summed E-state index contributed by atoms with van der Waals surface area (Å²) in [5, 5.41) is 0. The van der Waals surface area contributed by atoms with Gasteiger partial charge in [0.05, 0.1) is 0 Å². The van der Waals surface area contributed by atoms with Gasteiger partial charge in [0, 0.05) is 0 Å². The van der Waals surface area contributed by atoms with E-state index in [4.69, 9.17) is 0 Å². The average molecular weight is 435 g/mol.